The SMILES string of the molecule is COCCN(CC(=O)N1N=C(c2cccs2)C[C@H]1c1ccc2c(c1)OCO2)C(=O)NC(C)(C)C. The fourth-order valence-electron chi connectivity index (χ4n) is 3.80. The lowest BCUT2D eigenvalue weighted by Gasteiger charge is -2.30. The van der Waals surface area contributed by atoms with Crippen LogP contribution in [0.15, 0.2) is 40.8 Å². The van der Waals surface area contributed by atoms with Crippen molar-refractivity contribution < 1.29 is 23.8 Å². The van der Waals surface area contributed by atoms with Crippen molar-refractivity contribution in [2.45, 2.75) is 38.8 Å². The van der Waals surface area contributed by atoms with Crippen molar-refractivity contribution >= 4 is 29.0 Å². The quantitative estimate of drug-likeness (QED) is 0.646. The Balaban J connectivity index is 1.59. The minimum absolute atomic E-state index is 0.118. The molecule has 0 radical (unpaired) electrons. The fourth-order valence-corrected chi connectivity index (χ4v) is 4.52. The molecule has 0 saturated carbocycles. The van der Waals surface area contributed by atoms with E-state index in [1.165, 1.54) is 9.91 Å². The molecule has 3 heterocycles. The number of ether oxygens (including phenoxy) is 3. The van der Waals surface area contributed by atoms with Crippen LogP contribution < -0.4 is 14.8 Å². The first-order valence-corrected chi connectivity index (χ1v) is 12.0. The Hall–Kier alpha value is -3.11. The summed E-state index contributed by atoms with van der Waals surface area (Å²) < 4.78 is 16.1. The molecule has 2 aromatic rings. The van der Waals surface area contributed by atoms with Crippen LogP contribution in [0.1, 0.15) is 43.7 Å². The molecule has 3 amide bonds. The summed E-state index contributed by atoms with van der Waals surface area (Å²) in [6, 6.07) is 9.01. The number of hydrogen-bond donors (Lipinski definition) is 1. The highest BCUT2D eigenvalue weighted by Crippen LogP contribution is 2.39. The summed E-state index contributed by atoms with van der Waals surface area (Å²) in [7, 11) is 1.56. The van der Waals surface area contributed by atoms with Crippen LogP contribution >= 0.6 is 11.3 Å². The van der Waals surface area contributed by atoms with Gasteiger partial charge in [0.15, 0.2) is 11.5 Å². The summed E-state index contributed by atoms with van der Waals surface area (Å²) in [6.45, 7) is 6.36. The molecule has 0 bridgehead atoms. The molecule has 1 N–H and O–H groups in total. The molecule has 10 heteroatoms. The molecule has 0 spiro atoms. The van der Waals surface area contributed by atoms with Crippen molar-refractivity contribution in [2.24, 2.45) is 5.10 Å². The second-order valence-corrected chi connectivity index (χ2v) is 10.1. The van der Waals surface area contributed by atoms with Gasteiger partial charge in [-0.15, -0.1) is 11.3 Å². The number of amides is 3. The van der Waals surface area contributed by atoms with Crippen LogP contribution in [-0.4, -0.2) is 66.7 Å². The van der Waals surface area contributed by atoms with Crippen molar-refractivity contribution in [1.29, 1.82) is 0 Å². The summed E-state index contributed by atoms with van der Waals surface area (Å²) in [5.74, 6) is 1.07. The molecule has 2 aliphatic heterocycles. The summed E-state index contributed by atoms with van der Waals surface area (Å²) in [6.07, 6.45) is 0.568. The number of hydrogen-bond acceptors (Lipinski definition) is 7. The molecular weight excluding hydrogens is 456 g/mol. The first-order chi connectivity index (χ1) is 16.2. The number of benzene rings is 1. The van der Waals surface area contributed by atoms with E-state index in [0.717, 1.165) is 16.2 Å². The van der Waals surface area contributed by atoms with E-state index in [-0.39, 0.29) is 37.9 Å². The monoisotopic (exact) mass is 486 g/mol. The molecule has 0 aliphatic carbocycles. The molecule has 0 fully saturated rings. The maximum atomic E-state index is 13.5. The summed E-state index contributed by atoms with van der Waals surface area (Å²) in [5, 5.41) is 11.1. The Morgan fingerprint density at radius 3 is 2.76 bits per heavy atom. The van der Waals surface area contributed by atoms with Gasteiger partial charge < -0.3 is 24.4 Å². The van der Waals surface area contributed by atoms with Crippen molar-refractivity contribution in [1.82, 2.24) is 15.2 Å². The Morgan fingerprint density at radius 2 is 2.06 bits per heavy atom. The number of carbonyl (C=O) groups is 2. The molecule has 9 nitrogen and oxygen atoms in total. The topological polar surface area (TPSA) is 92.7 Å². The van der Waals surface area contributed by atoms with E-state index in [1.807, 2.05) is 56.5 Å². The highest BCUT2D eigenvalue weighted by molar-refractivity contribution is 7.12. The van der Waals surface area contributed by atoms with Crippen LogP contribution in [0.3, 0.4) is 0 Å². The molecule has 0 saturated heterocycles. The number of hydrazone groups is 1. The molecular formula is C24H30N4O5S. The summed E-state index contributed by atoms with van der Waals surface area (Å²) in [5.41, 5.74) is 1.31. The fraction of sp³-hybridized carbons (Fsp3) is 0.458. The Morgan fingerprint density at radius 1 is 1.26 bits per heavy atom. The van der Waals surface area contributed by atoms with E-state index < -0.39 is 5.54 Å². The lowest BCUT2D eigenvalue weighted by atomic mass is 10.0. The van der Waals surface area contributed by atoms with Gasteiger partial charge in [0.2, 0.25) is 6.79 Å². The molecule has 1 atom stereocenters. The minimum Gasteiger partial charge on any atom is -0.454 e. The highest BCUT2D eigenvalue weighted by atomic mass is 32.1. The Labute approximate surface area is 203 Å². The van der Waals surface area contributed by atoms with Crippen LogP contribution in [0.2, 0.25) is 0 Å². The number of rotatable bonds is 7. The smallest absolute Gasteiger partial charge is 0.318 e. The van der Waals surface area contributed by atoms with E-state index in [9.17, 15) is 9.59 Å². The number of fused-ring (bicyclic) bond motifs is 1. The predicted octanol–water partition coefficient (Wildman–Crippen LogP) is 3.61. The number of nitrogens with one attached hydrogen (secondary N) is 1. The maximum absolute atomic E-state index is 13.5. The van der Waals surface area contributed by atoms with E-state index in [1.54, 1.807) is 18.4 Å². The third-order valence-electron chi connectivity index (χ3n) is 5.41. The van der Waals surface area contributed by atoms with Gasteiger partial charge in [-0.1, -0.05) is 12.1 Å². The number of urea groups is 1. The zero-order valence-electron chi connectivity index (χ0n) is 19.9. The normalized spacial score (nSPS) is 17.0. The Bertz CT molecular complexity index is 1060. The maximum Gasteiger partial charge on any atom is 0.318 e. The first kappa shape index (κ1) is 24.0. The zero-order valence-corrected chi connectivity index (χ0v) is 20.7. The molecule has 2 aliphatic rings. The lowest BCUT2D eigenvalue weighted by molar-refractivity contribution is -0.133. The lowest BCUT2D eigenvalue weighted by Crippen LogP contribution is -2.52. The Kier molecular flexibility index (Phi) is 7.08. The van der Waals surface area contributed by atoms with Gasteiger partial charge >= 0.3 is 6.03 Å². The number of nitrogens with zero attached hydrogens (tertiary/aromatic N) is 3. The highest BCUT2D eigenvalue weighted by Gasteiger charge is 2.35. The van der Waals surface area contributed by atoms with Crippen LogP contribution in [0, 0.1) is 0 Å². The second kappa shape index (κ2) is 10.0. The van der Waals surface area contributed by atoms with E-state index in [2.05, 4.69) is 5.32 Å². The molecule has 182 valence electrons. The molecule has 1 aromatic heterocycles. The summed E-state index contributed by atoms with van der Waals surface area (Å²) >= 11 is 1.58. The van der Waals surface area contributed by atoms with Gasteiger partial charge in [0.1, 0.15) is 6.54 Å². The first-order valence-electron chi connectivity index (χ1n) is 11.1. The molecule has 34 heavy (non-hydrogen) atoms. The van der Waals surface area contributed by atoms with Crippen LogP contribution in [-0.2, 0) is 9.53 Å². The van der Waals surface area contributed by atoms with Gasteiger partial charge in [0.05, 0.1) is 23.2 Å². The van der Waals surface area contributed by atoms with Gasteiger partial charge in [-0.2, -0.15) is 5.10 Å². The third-order valence-corrected chi connectivity index (χ3v) is 6.33. The third kappa shape index (κ3) is 5.51. The van der Waals surface area contributed by atoms with Gasteiger partial charge in [-0.3, -0.25) is 4.79 Å². The number of thiophene rings is 1. The van der Waals surface area contributed by atoms with Crippen LogP contribution in [0.25, 0.3) is 0 Å². The van der Waals surface area contributed by atoms with Crippen LogP contribution in [0.4, 0.5) is 4.79 Å². The van der Waals surface area contributed by atoms with E-state index in [4.69, 9.17) is 19.3 Å². The zero-order chi connectivity index (χ0) is 24.3. The molecule has 0 unspecified atom stereocenters. The molecule has 1 aromatic carbocycles. The van der Waals surface area contributed by atoms with Gasteiger partial charge in [-0.05, 0) is 49.9 Å². The van der Waals surface area contributed by atoms with E-state index >= 15 is 0 Å². The largest absolute Gasteiger partial charge is 0.454 e. The average Bonchev–Trinajstić information content (AvgIpc) is 3.54. The van der Waals surface area contributed by atoms with Gasteiger partial charge in [0.25, 0.3) is 5.91 Å². The van der Waals surface area contributed by atoms with Crippen molar-refractivity contribution in [2.75, 3.05) is 33.6 Å². The standard InChI is InChI=1S/C24H30N4O5S/c1-24(2,3)25-23(30)27(9-10-31-4)14-22(29)28-18(13-17(26-28)21-6-5-11-34-21)16-7-8-19-20(12-16)33-15-32-19/h5-8,11-12,18H,9-10,13-15H2,1-4H3,(H,25,30)/t18-/m0/s1. The number of methoxy groups -OCH3 is 1. The average molecular weight is 487 g/mol. The second-order valence-electron chi connectivity index (χ2n) is 9.19. The minimum atomic E-state index is -0.432. The van der Waals surface area contributed by atoms with Crippen molar-refractivity contribution in [3.8, 4) is 11.5 Å². The predicted molar refractivity (Wildman–Crippen MR) is 129 cm³/mol. The van der Waals surface area contributed by atoms with Crippen molar-refractivity contribution in [3.63, 3.8) is 0 Å². The van der Waals surface area contributed by atoms with Gasteiger partial charge in [0, 0.05) is 25.6 Å². The summed E-state index contributed by atoms with van der Waals surface area (Å²) in [4.78, 5) is 28.9. The molecule has 4 rings (SSSR count). The van der Waals surface area contributed by atoms with Crippen LogP contribution in [0.5, 0.6) is 11.5 Å². The van der Waals surface area contributed by atoms with Crippen molar-refractivity contribution in [3.05, 3.63) is 46.2 Å². The van der Waals surface area contributed by atoms with Gasteiger partial charge in [-0.25, -0.2) is 9.80 Å². The number of carbonyl (C=O) groups excluding carboxylic acids is 2. The van der Waals surface area contributed by atoms with E-state index in [0.29, 0.717) is 24.5 Å².